The van der Waals surface area contributed by atoms with E-state index in [4.69, 9.17) is 21.1 Å². The number of thioether (sulfide) groups is 1. The van der Waals surface area contributed by atoms with E-state index in [1.165, 1.54) is 11.0 Å². The standard InChI is InChI=1S/C42H37BrClN3O5S/c1-4-7-18-33(5-2)47-41(50)34(23-29-24-35(44)39(36(25-29)51-6-3)52-26-28-19-21-32(43)22-20-28)40(49)46-42(47)53-27-37(48)45-38(30-14-10-8-11-15-30)31-16-12-9-13-17-31/h4-5,7-25,38H,1,6,26-27H2,2-3H3,(H,45,48)/b18-7-,33-5+,34-23+. The van der Waals surface area contributed by atoms with E-state index in [2.05, 4.69) is 32.8 Å². The molecule has 0 saturated heterocycles. The van der Waals surface area contributed by atoms with Crippen molar-refractivity contribution >= 4 is 68.3 Å². The Balaban J connectivity index is 1.42. The fourth-order valence-corrected chi connectivity index (χ4v) is 6.72. The van der Waals surface area contributed by atoms with E-state index < -0.39 is 17.9 Å². The van der Waals surface area contributed by atoms with Crippen molar-refractivity contribution in [3.05, 3.63) is 171 Å². The molecule has 11 heteroatoms. The van der Waals surface area contributed by atoms with Gasteiger partial charge in [-0.25, -0.2) is 0 Å². The summed E-state index contributed by atoms with van der Waals surface area (Å²) in [5.74, 6) is -1.10. The van der Waals surface area contributed by atoms with Crippen molar-refractivity contribution in [1.82, 2.24) is 10.2 Å². The van der Waals surface area contributed by atoms with E-state index >= 15 is 0 Å². The van der Waals surface area contributed by atoms with Gasteiger partial charge in [0.1, 0.15) is 12.2 Å². The van der Waals surface area contributed by atoms with Gasteiger partial charge in [-0.3, -0.25) is 19.3 Å². The molecule has 1 N–H and O–H groups in total. The van der Waals surface area contributed by atoms with Crippen LogP contribution in [0.1, 0.15) is 42.1 Å². The molecule has 0 atom stereocenters. The molecule has 1 heterocycles. The van der Waals surface area contributed by atoms with Crippen molar-refractivity contribution in [2.45, 2.75) is 26.5 Å². The van der Waals surface area contributed by atoms with Gasteiger partial charge in [0.05, 0.1) is 23.4 Å². The molecular formula is C42H37BrClN3O5S. The topological polar surface area (TPSA) is 97.3 Å². The summed E-state index contributed by atoms with van der Waals surface area (Å²) in [6.45, 7) is 7.90. The zero-order valence-electron chi connectivity index (χ0n) is 29.1. The van der Waals surface area contributed by atoms with Crippen LogP contribution in [0.4, 0.5) is 0 Å². The van der Waals surface area contributed by atoms with E-state index in [1.54, 1.807) is 43.4 Å². The van der Waals surface area contributed by atoms with Crippen LogP contribution in [0.3, 0.4) is 0 Å². The molecule has 4 aromatic rings. The average Bonchev–Trinajstić information content (AvgIpc) is 3.16. The molecule has 0 aromatic heterocycles. The Morgan fingerprint density at radius 3 is 2.26 bits per heavy atom. The molecule has 0 fully saturated rings. The fraction of sp³-hybridized carbons (Fsp3) is 0.143. The highest BCUT2D eigenvalue weighted by Gasteiger charge is 2.35. The highest BCUT2D eigenvalue weighted by Crippen LogP contribution is 2.38. The van der Waals surface area contributed by atoms with Crippen molar-refractivity contribution in [2.24, 2.45) is 4.99 Å². The van der Waals surface area contributed by atoms with Crippen molar-refractivity contribution in [1.29, 1.82) is 0 Å². The second-order valence-corrected chi connectivity index (χ2v) is 13.8. The number of nitrogens with zero attached hydrogens (tertiary/aromatic N) is 2. The molecule has 1 aliphatic rings. The van der Waals surface area contributed by atoms with E-state index in [1.807, 2.05) is 91.9 Å². The molecule has 0 bridgehead atoms. The molecule has 0 radical (unpaired) electrons. The highest BCUT2D eigenvalue weighted by molar-refractivity contribution is 9.10. The molecule has 0 spiro atoms. The number of amides is 3. The smallest absolute Gasteiger partial charge is 0.285 e. The lowest BCUT2D eigenvalue weighted by atomic mass is 9.99. The molecule has 3 amide bonds. The van der Waals surface area contributed by atoms with Crippen LogP contribution in [0, 0.1) is 0 Å². The number of aliphatic imine (C=N–C) groups is 1. The minimum atomic E-state index is -0.756. The Kier molecular flexibility index (Phi) is 14.1. The Morgan fingerprint density at radius 1 is 1.00 bits per heavy atom. The number of hydrogen-bond donors (Lipinski definition) is 1. The first-order valence-corrected chi connectivity index (χ1v) is 18.9. The Bertz CT molecular complexity index is 2040. The number of ether oxygens (including phenoxy) is 2. The van der Waals surface area contributed by atoms with Gasteiger partial charge < -0.3 is 14.8 Å². The molecule has 8 nitrogen and oxygen atoms in total. The first-order chi connectivity index (χ1) is 25.7. The number of carbonyl (C=O) groups is 3. The van der Waals surface area contributed by atoms with Crippen LogP contribution in [0.15, 0.2) is 149 Å². The maximum atomic E-state index is 14.2. The lowest BCUT2D eigenvalue weighted by Gasteiger charge is -2.28. The third-order valence-electron chi connectivity index (χ3n) is 7.85. The van der Waals surface area contributed by atoms with Crippen LogP contribution in [0.25, 0.3) is 6.08 Å². The molecule has 4 aromatic carbocycles. The maximum Gasteiger partial charge on any atom is 0.285 e. The Hall–Kier alpha value is -5.16. The summed E-state index contributed by atoms with van der Waals surface area (Å²) in [5.41, 5.74) is 3.44. The SMILES string of the molecule is C=C/C=C\C(=C/C)N1C(=O)/C(=C/c2cc(Cl)c(OCc3ccc(Br)cc3)c(OCC)c2)C(=O)N=C1SCC(=O)NC(c1ccccc1)c1ccccc1. The Morgan fingerprint density at radius 2 is 1.66 bits per heavy atom. The normalized spacial score (nSPS) is 14.1. The lowest BCUT2D eigenvalue weighted by Crippen LogP contribution is -2.42. The molecule has 1 aliphatic heterocycles. The molecule has 0 saturated carbocycles. The number of carbonyl (C=O) groups excluding carboxylic acids is 3. The number of amidine groups is 1. The van der Waals surface area contributed by atoms with Gasteiger partial charge in [0.2, 0.25) is 5.91 Å². The third kappa shape index (κ3) is 10.3. The number of hydrogen-bond acceptors (Lipinski definition) is 6. The van der Waals surface area contributed by atoms with Crippen LogP contribution < -0.4 is 14.8 Å². The number of nitrogens with one attached hydrogen (secondary N) is 1. The largest absolute Gasteiger partial charge is 0.490 e. The first kappa shape index (κ1) is 39.1. The summed E-state index contributed by atoms with van der Waals surface area (Å²) in [6.07, 6.45) is 8.06. The van der Waals surface area contributed by atoms with Crippen molar-refractivity contribution in [3.8, 4) is 11.5 Å². The summed E-state index contributed by atoms with van der Waals surface area (Å²) < 4.78 is 12.9. The number of benzene rings is 4. The second-order valence-electron chi connectivity index (χ2n) is 11.5. The second kappa shape index (κ2) is 19.1. The zero-order valence-corrected chi connectivity index (χ0v) is 32.3. The monoisotopic (exact) mass is 809 g/mol. The summed E-state index contributed by atoms with van der Waals surface area (Å²) in [7, 11) is 0. The summed E-state index contributed by atoms with van der Waals surface area (Å²) in [5, 5.41) is 3.40. The minimum absolute atomic E-state index is 0.0646. The molecule has 0 unspecified atom stereocenters. The van der Waals surface area contributed by atoms with Gasteiger partial charge in [-0.1, -0.05) is 137 Å². The quantitative estimate of drug-likeness (QED) is 0.0775. The van der Waals surface area contributed by atoms with E-state index in [9.17, 15) is 14.4 Å². The molecule has 53 heavy (non-hydrogen) atoms. The van der Waals surface area contributed by atoms with E-state index in [0.717, 1.165) is 32.9 Å². The maximum absolute atomic E-state index is 14.2. The summed E-state index contributed by atoms with van der Waals surface area (Å²) in [6, 6.07) is 29.8. The van der Waals surface area contributed by atoms with Gasteiger partial charge in [0, 0.05) is 10.2 Å². The van der Waals surface area contributed by atoms with Gasteiger partial charge in [-0.05, 0) is 72.5 Å². The van der Waals surface area contributed by atoms with E-state index in [-0.39, 0.29) is 34.0 Å². The average molecular weight is 811 g/mol. The van der Waals surface area contributed by atoms with Gasteiger partial charge in [0.25, 0.3) is 11.8 Å². The summed E-state index contributed by atoms with van der Waals surface area (Å²) in [4.78, 5) is 46.8. The van der Waals surface area contributed by atoms with Crippen LogP contribution in [0.2, 0.25) is 5.02 Å². The molecule has 270 valence electrons. The molecule has 0 aliphatic carbocycles. The van der Waals surface area contributed by atoms with Crippen molar-refractivity contribution in [3.63, 3.8) is 0 Å². The highest BCUT2D eigenvalue weighted by atomic mass is 79.9. The van der Waals surface area contributed by atoms with Gasteiger partial charge in [-0.15, -0.1) is 0 Å². The molecular weight excluding hydrogens is 774 g/mol. The summed E-state index contributed by atoms with van der Waals surface area (Å²) >= 11 is 11.1. The molecule has 5 rings (SSSR count). The van der Waals surface area contributed by atoms with Crippen LogP contribution in [0.5, 0.6) is 11.5 Å². The van der Waals surface area contributed by atoms with Crippen molar-refractivity contribution in [2.75, 3.05) is 12.4 Å². The van der Waals surface area contributed by atoms with Crippen LogP contribution >= 0.6 is 39.3 Å². The predicted octanol–water partition coefficient (Wildman–Crippen LogP) is 9.47. The fourth-order valence-electron chi connectivity index (χ4n) is 5.37. The first-order valence-electron chi connectivity index (χ1n) is 16.7. The van der Waals surface area contributed by atoms with Crippen molar-refractivity contribution < 1.29 is 23.9 Å². The zero-order chi connectivity index (χ0) is 37.7. The number of allylic oxidation sites excluding steroid dienone is 4. The van der Waals surface area contributed by atoms with Gasteiger partial charge >= 0.3 is 0 Å². The Labute approximate surface area is 327 Å². The predicted molar refractivity (Wildman–Crippen MR) is 217 cm³/mol. The van der Waals surface area contributed by atoms with Gasteiger partial charge in [-0.2, -0.15) is 4.99 Å². The minimum Gasteiger partial charge on any atom is -0.490 e. The van der Waals surface area contributed by atoms with E-state index in [0.29, 0.717) is 29.4 Å². The lowest BCUT2D eigenvalue weighted by molar-refractivity contribution is -0.126. The third-order valence-corrected chi connectivity index (χ3v) is 9.60. The van der Waals surface area contributed by atoms with Crippen LogP contribution in [-0.4, -0.2) is 40.1 Å². The number of rotatable bonds is 14. The number of halogens is 2. The van der Waals surface area contributed by atoms with Crippen LogP contribution in [-0.2, 0) is 21.0 Å². The van der Waals surface area contributed by atoms with Gasteiger partial charge in [0.15, 0.2) is 16.7 Å².